The summed E-state index contributed by atoms with van der Waals surface area (Å²) in [6.07, 6.45) is 4.79. The van der Waals surface area contributed by atoms with Crippen LogP contribution in [0, 0.1) is 5.92 Å². The van der Waals surface area contributed by atoms with Gasteiger partial charge in [0.25, 0.3) is 0 Å². The van der Waals surface area contributed by atoms with E-state index in [-0.39, 0.29) is 30.8 Å². The van der Waals surface area contributed by atoms with E-state index in [0.29, 0.717) is 32.0 Å². The van der Waals surface area contributed by atoms with Crippen LogP contribution < -0.4 is 16.0 Å². The average molecular weight is 429 g/mol. The van der Waals surface area contributed by atoms with Crippen LogP contribution in [-0.2, 0) is 26.3 Å². The lowest BCUT2D eigenvalue weighted by molar-refractivity contribution is -0.139. The summed E-state index contributed by atoms with van der Waals surface area (Å²) in [7, 11) is 0. The predicted octanol–water partition coefficient (Wildman–Crippen LogP) is 1.71. The molecule has 1 aliphatic heterocycles. The number of hydrogen-bond donors (Lipinski definition) is 3. The number of aryl methyl sites for hydroxylation is 1. The Bertz CT molecular complexity index is 795. The monoisotopic (exact) mass is 428 g/mol. The summed E-state index contributed by atoms with van der Waals surface area (Å²) in [6, 6.07) is 7.87. The van der Waals surface area contributed by atoms with E-state index in [9.17, 15) is 14.4 Å². The van der Waals surface area contributed by atoms with Gasteiger partial charge in [-0.1, -0.05) is 38.1 Å². The van der Waals surface area contributed by atoms with Gasteiger partial charge in [-0.2, -0.15) is 0 Å². The van der Waals surface area contributed by atoms with Gasteiger partial charge in [0.15, 0.2) is 0 Å². The Balaban J connectivity index is 1.89. The van der Waals surface area contributed by atoms with Crippen molar-refractivity contribution in [1.82, 2.24) is 20.9 Å². The van der Waals surface area contributed by atoms with Crippen LogP contribution in [0.2, 0.25) is 0 Å². The van der Waals surface area contributed by atoms with E-state index in [1.54, 1.807) is 4.90 Å². The molecular weight excluding hydrogens is 392 g/mol. The van der Waals surface area contributed by atoms with Crippen molar-refractivity contribution >= 4 is 17.7 Å². The molecule has 0 saturated carbocycles. The fraction of sp³-hybridized carbons (Fsp3) is 0.625. The van der Waals surface area contributed by atoms with Crippen LogP contribution in [0.4, 0.5) is 0 Å². The molecule has 1 aliphatic carbocycles. The minimum atomic E-state index is -1.08. The first-order chi connectivity index (χ1) is 14.9. The molecule has 1 fully saturated rings. The van der Waals surface area contributed by atoms with Gasteiger partial charge in [-0.25, -0.2) is 0 Å². The molecule has 1 aromatic carbocycles. The van der Waals surface area contributed by atoms with Crippen molar-refractivity contribution in [3.8, 4) is 0 Å². The zero-order chi connectivity index (χ0) is 22.3. The fourth-order valence-electron chi connectivity index (χ4n) is 4.45. The largest absolute Gasteiger partial charge is 0.354 e. The molecule has 7 nitrogen and oxygen atoms in total. The van der Waals surface area contributed by atoms with E-state index in [0.717, 1.165) is 43.2 Å². The van der Waals surface area contributed by atoms with E-state index < -0.39 is 5.54 Å². The SMILES string of the molecule is CC(C)CCN1CC(=O)NC2(CCCc3ccccc32)C(=O)NCCCCNCC1=O. The Hall–Kier alpha value is -2.41. The van der Waals surface area contributed by atoms with Gasteiger partial charge in [0.05, 0.1) is 13.1 Å². The first-order valence-electron chi connectivity index (χ1n) is 11.6. The zero-order valence-electron chi connectivity index (χ0n) is 18.8. The molecule has 2 aliphatic rings. The first-order valence-corrected chi connectivity index (χ1v) is 11.6. The Morgan fingerprint density at radius 3 is 2.65 bits per heavy atom. The summed E-state index contributed by atoms with van der Waals surface area (Å²) < 4.78 is 0. The van der Waals surface area contributed by atoms with Crippen LogP contribution in [-0.4, -0.2) is 55.3 Å². The molecule has 1 heterocycles. The number of amides is 3. The number of nitrogens with one attached hydrogen (secondary N) is 3. The van der Waals surface area contributed by atoms with Crippen molar-refractivity contribution < 1.29 is 14.4 Å². The number of hydrogen-bond acceptors (Lipinski definition) is 4. The van der Waals surface area contributed by atoms with Gasteiger partial charge in [-0.15, -0.1) is 0 Å². The lowest BCUT2D eigenvalue weighted by Gasteiger charge is -2.39. The van der Waals surface area contributed by atoms with Crippen LogP contribution in [0.25, 0.3) is 0 Å². The molecule has 31 heavy (non-hydrogen) atoms. The number of carbonyl (C=O) groups excluding carboxylic acids is 3. The maximum absolute atomic E-state index is 13.4. The van der Waals surface area contributed by atoms with Gasteiger partial charge in [0.1, 0.15) is 5.54 Å². The van der Waals surface area contributed by atoms with E-state index in [1.807, 2.05) is 24.3 Å². The Kier molecular flexibility index (Phi) is 8.07. The molecular formula is C24H36N4O3. The van der Waals surface area contributed by atoms with Gasteiger partial charge in [0.2, 0.25) is 17.7 Å². The summed E-state index contributed by atoms with van der Waals surface area (Å²) in [4.78, 5) is 41.0. The van der Waals surface area contributed by atoms with Crippen molar-refractivity contribution in [2.24, 2.45) is 5.92 Å². The minimum Gasteiger partial charge on any atom is -0.354 e. The third kappa shape index (κ3) is 5.85. The Morgan fingerprint density at radius 2 is 1.84 bits per heavy atom. The Morgan fingerprint density at radius 1 is 1.06 bits per heavy atom. The molecule has 170 valence electrons. The van der Waals surface area contributed by atoms with Crippen LogP contribution in [0.3, 0.4) is 0 Å². The molecule has 0 radical (unpaired) electrons. The molecule has 3 amide bonds. The highest BCUT2D eigenvalue weighted by Crippen LogP contribution is 2.35. The molecule has 1 aromatic rings. The highest BCUT2D eigenvalue weighted by Gasteiger charge is 2.44. The number of rotatable bonds is 3. The predicted molar refractivity (Wildman–Crippen MR) is 120 cm³/mol. The topological polar surface area (TPSA) is 90.5 Å². The maximum atomic E-state index is 13.4. The van der Waals surface area contributed by atoms with E-state index in [1.165, 1.54) is 0 Å². The van der Waals surface area contributed by atoms with Gasteiger partial charge < -0.3 is 20.9 Å². The standard InChI is InChI=1S/C24H36N4O3/c1-18(2)11-15-28-17-21(29)27-24(12-7-9-19-8-3-4-10-20(19)24)23(31)26-14-6-5-13-25-16-22(28)30/h3-4,8,10,18,25H,5-7,9,11-17H2,1-2H3,(H,26,31)(H,27,29). The number of carbonyl (C=O) groups is 3. The minimum absolute atomic E-state index is 0.0373. The summed E-state index contributed by atoms with van der Waals surface area (Å²) in [5.74, 6) is -0.0891. The second kappa shape index (κ2) is 10.8. The van der Waals surface area contributed by atoms with Crippen LogP contribution in [0.1, 0.15) is 57.1 Å². The van der Waals surface area contributed by atoms with Gasteiger partial charge in [-0.3, -0.25) is 14.4 Å². The normalized spacial score (nSPS) is 23.8. The second-order valence-electron chi connectivity index (χ2n) is 9.10. The highest BCUT2D eigenvalue weighted by molar-refractivity contribution is 5.94. The quantitative estimate of drug-likeness (QED) is 0.684. The smallest absolute Gasteiger partial charge is 0.250 e. The average Bonchev–Trinajstić information content (AvgIpc) is 2.75. The lowest BCUT2D eigenvalue weighted by atomic mass is 9.75. The lowest BCUT2D eigenvalue weighted by Crippen LogP contribution is -2.59. The molecule has 3 rings (SSSR count). The van der Waals surface area contributed by atoms with Gasteiger partial charge >= 0.3 is 0 Å². The van der Waals surface area contributed by atoms with E-state index in [4.69, 9.17) is 0 Å². The molecule has 1 saturated heterocycles. The third-order valence-electron chi connectivity index (χ3n) is 6.22. The van der Waals surface area contributed by atoms with Crippen LogP contribution in [0.5, 0.6) is 0 Å². The van der Waals surface area contributed by atoms with Crippen molar-refractivity contribution in [3.05, 3.63) is 35.4 Å². The summed E-state index contributed by atoms with van der Waals surface area (Å²) in [6.45, 7) is 6.18. The van der Waals surface area contributed by atoms with Crippen molar-refractivity contribution in [2.75, 3.05) is 32.7 Å². The van der Waals surface area contributed by atoms with Crippen molar-refractivity contribution in [2.45, 2.75) is 57.9 Å². The highest BCUT2D eigenvalue weighted by atomic mass is 16.2. The molecule has 3 N–H and O–H groups in total. The molecule has 1 unspecified atom stereocenters. The van der Waals surface area contributed by atoms with E-state index in [2.05, 4.69) is 29.8 Å². The molecule has 0 aromatic heterocycles. The third-order valence-corrected chi connectivity index (χ3v) is 6.22. The Labute approximate surface area is 185 Å². The summed E-state index contributed by atoms with van der Waals surface area (Å²) in [5, 5.41) is 9.29. The number of nitrogens with zero attached hydrogens (tertiary/aromatic N) is 1. The van der Waals surface area contributed by atoms with Gasteiger partial charge in [0, 0.05) is 13.1 Å². The molecule has 7 heteroatoms. The van der Waals surface area contributed by atoms with Crippen LogP contribution in [0.15, 0.2) is 24.3 Å². The first kappa shape index (κ1) is 23.3. The second-order valence-corrected chi connectivity index (χ2v) is 9.10. The summed E-state index contributed by atoms with van der Waals surface area (Å²) in [5.41, 5.74) is 0.893. The molecule has 1 spiro atoms. The maximum Gasteiger partial charge on any atom is 0.250 e. The number of benzene rings is 1. The zero-order valence-corrected chi connectivity index (χ0v) is 18.8. The van der Waals surface area contributed by atoms with E-state index >= 15 is 0 Å². The van der Waals surface area contributed by atoms with Crippen molar-refractivity contribution in [3.63, 3.8) is 0 Å². The van der Waals surface area contributed by atoms with Gasteiger partial charge in [-0.05, 0) is 62.1 Å². The summed E-state index contributed by atoms with van der Waals surface area (Å²) >= 11 is 0. The molecule has 0 bridgehead atoms. The van der Waals surface area contributed by atoms with Crippen molar-refractivity contribution in [1.29, 1.82) is 0 Å². The molecule has 1 atom stereocenters. The number of fused-ring (bicyclic) bond motifs is 2. The van der Waals surface area contributed by atoms with Crippen LogP contribution >= 0.6 is 0 Å². The fourth-order valence-corrected chi connectivity index (χ4v) is 4.45.